The minimum Gasteiger partial charge on any atom is -0.481 e. The van der Waals surface area contributed by atoms with Crippen molar-refractivity contribution < 1.29 is 9.90 Å². The van der Waals surface area contributed by atoms with Gasteiger partial charge in [-0.25, -0.2) is 0 Å². The molecule has 0 spiro atoms. The molecule has 0 fully saturated rings. The third-order valence-electron chi connectivity index (χ3n) is 4.97. The van der Waals surface area contributed by atoms with Crippen molar-refractivity contribution in [1.29, 1.82) is 0 Å². The fourth-order valence-corrected chi connectivity index (χ4v) is 3.98. The Morgan fingerprint density at radius 1 is 1.12 bits per heavy atom. The summed E-state index contributed by atoms with van der Waals surface area (Å²) in [7, 11) is 1.97. The zero-order valence-corrected chi connectivity index (χ0v) is 15.6. The van der Waals surface area contributed by atoms with Gasteiger partial charge in [-0.2, -0.15) is 0 Å². The lowest BCUT2D eigenvalue weighted by molar-refractivity contribution is -0.136. The van der Waals surface area contributed by atoms with Crippen molar-refractivity contribution >= 4 is 29.2 Å². The van der Waals surface area contributed by atoms with Crippen LogP contribution < -0.4 is 5.32 Å². The average molecular weight is 378 g/mol. The molecule has 0 bridgehead atoms. The summed E-state index contributed by atoms with van der Waals surface area (Å²) in [5.74, 6) is -0.487. The van der Waals surface area contributed by atoms with E-state index in [-0.39, 0.29) is 12.3 Å². The van der Waals surface area contributed by atoms with Crippen LogP contribution in [0.25, 0.3) is 0 Å². The van der Waals surface area contributed by atoms with E-state index in [1.165, 1.54) is 16.7 Å². The average Bonchev–Trinajstić information content (AvgIpc) is 2.61. The number of aliphatic carboxylic acids is 1. The van der Waals surface area contributed by atoms with Crippen LogP contribution in [0.3, 0.4) is 0 Å². The zero-order chi connectivity index (χ0) is 18.0. The monoisotopic (exact) mass is 377 g/mol. The van der Waals surface area contributed by atoms with Crippen LogP contribution in [0.2, 0.25) is 10.0 Å². The molecular weight excluding hydrogens is 357 g/mol. The minimum absolute atomic E-state index is 0.152. The summed E-state index contributed by atoms with van der Waals surface area (Å²) in [4.78, 5) is 10.8. The molecule has 0 saturated carbocycles. The minimum atomic E-state index is -0.767. The van der Waals surface area contributed by atoms with E-state index in [0.29, 0.717) is 22.5 Å². The molecule has 3 nitrogen and oxygen atoms in total. The predicted octanol–water partition coefficient (Wildman–Crippen LogP) is 5.20. The van der Waals surface area contributed by atoms with Gasteiger partial charge in [0.25, 0.3) is 0 Å². The third-order valence-corrected chi connectivity index (χ3v) is 5.71. The molecular formula is C20H21Cl2NO2. The largest absolute Gasteiger partial charge is 0.481 e. The quantitative estimate of drug-likeness (QED) is 0.752. The Balaban J connectivity index is 1.97. The summed E-state index contributed by atoms with van der Waals surface area (Å²) in [5, 5.41) is 13.4. The lowest BCUT2D eigenvalue weighted by atomic mass is 9.76. The second-order valence-corrected chi connectivity index (χ2v) is 7.32. The highest BCUT2D eigenvalue weighted by molar-refractivity contribution is 6.42. The number of benzene rings is 2. The van der Waals surface area contributed by atoms with Crippen LogP contribution in [0.15, 0.2) is 36.4 Å². The van der Waals surface area contributed by atoms with E-state index in [0.717, 1.165) is 18.4 Å². The molecule has 0 aromatic heterocycles. The van der Waals surface area contributed by atoms with Crippen LogP contribution in [-0.2, 0) is 11.2 Å². The Morgan fingerprint density at radius 3 is 2.60 bits per heavy atom. The maximum atomic E-state index is 10.8. The number of aryl methyl sites for hydroxylation is 1. The Labute approximate surface area is 158 Å². The van der Waals surface area contributed by atoms with E-state index in [1.54, 1.807) is 0 Å². The van der Waals surface area contributed by atoms with E-state index < -0.39 is 5.97 Å². The molecule has 2 aromatic rings. The number of carboxylic acids is 1. The van der Waals surface area contributed by atoms with Crippen molar-refractivity contribution in [2.45, 2.75) is 37.6 Å². The van der Waals surface area contributed by atoms with Gasteiger partial charge in [0, 0.05) is 18.4 Å². The highest BCUT2D eigenvalue weighted by atomic mass is 35.5. The van der Waals surface area contributed by atoms with Crippen molar-refractivity contribution in [3.63, 3.8) is 0 Å². The molecule has 0 saturated heterocycles. The molecule has 0 heterocycles. The topological polar surface area (TPSA) is 49.3 Å². The van der Waals surface area contributed by atoms with Crippen LogP contribution in [0.4, 0.5) is 0 Å². The number of hydrogen-bond donors (Lipinski definition) is 2. The van der Waals surface area contributed by atoms with Gasteiger partial charge in [-0.15, -0.1) is 0 Å². The van der Waals surface area contributed by atoms with Crippen LogP contribution in [0.5, 0.6) is 0 Å². The lowest BCUT2D eigenvalue weighted by Crippen LogP contribution is -2.24. The molecule has 1 aliphatic carbocycles. The molecule has 2 N–H and O–H groups in total. The van der Waals surface area contributed by atoms with Gasteiger partial charge in [0.2, 0.25) is 0 Å². The summed E-state index contributed by atoms with van der Waals surface area (Å²) in [6.45, 7) is 0. The SMILES string of the molecule is CNC1CCC(c2ccc(Cl)c(Cl)c2)c2ccc(CCC(=O)O)cc21. The second kappa shape index (κ2) is 7.77. The van der Waals surface area contributed by atoms with Crippen molar-refractivity contribution in [3.8, 4) is 0 Å². The van der Waals surface area contributed by atoms with Crippen molar-refractivity contribution in [1.82, 2.24) is 5.32 Å². The Morgan fingerprint density at radius 2 is 1.92 bits per heavy atom. The predicted molar refractivity (Wildman–Crippen MR) is 102 cm³/mol. The first kappa shape index (κ1) is 18.2. The standard InChI is InChI=1S/C20H21Cl2NO2/c1-23-19-8-6-14(13-4-7-17(21)18(22)11-13)15-5-2-12(10-16(15)19)3-9-20(24)25/h2,4-5,7,10-11,14,19,23H,3,6,8-9H2,1H3,(H,24,25). The first-order valence-corrected chi connectivity index (χ1v) is 9.22. The van der Waals surface area contributed by atoms with Crippen molar-refractivity contribution in [2.75, 3.05) is 7.05 Å². The van der Waals surface area contributed by atoms with Gasteiger partial charge in [0.1, 0.15) is 0 Å². The third kappa shape index (κ3) is 4.00. The maximum absolute atomic E-state index is 10.8. The van der Waals surface area contributed by atoms with Gasteiger partial charge in [0.15, 0.2) is 0 Å². The summed E-state index contributed by atoms with van der Waals surface area (Å²) in [6.07, 6.45) is 2.76. The molecule has 0 aliphatic heterocycles. The van der Waals surface area contributed by atoms with Gasteiger partial charge < -0.3 is 10.4 Å². The summed E-state index contributed by atoms with van der Waals surface area (Å²) in [5.41, 5.74) is 4.77. The highest BCUT2D eigenvalue weighted by Gasteiger charge is 2.28. The first-order chi connectivity index (χ1) is 12.0. The molecule has 5 heteroatoms. The number of hydrogen-bond acceptors (Lipinski definition) is 2. The van der Waals surface area contributed by atoms with E-state index >= 15 is 0 Å². The Hall–Kier alpha value is -1.55. The molecule has 25 heavy (non-hydrogen) atoms. The van der Waals surface area contributed by atoms with E-state index in [1.807, 2.05) is 31.3 Å². The summed E-state index contributed by atoms with van der Waals surface area (Å²) < 4.78 is 0. The summed E-state index contributed by atoms with van der Waals surface area (Å²) >= 11 is 12.3. The van der Waals surface area contributed by atoms with Gasteiger partial charge in [-0.3, -0.25) is 4.79 Å². The summed E-state index contributed by atoms with van der Waals surface area (Å²) in [6, 6.07) is 12.5. The molecule has 0 amide bonds. The van der Waals surface area contributed by atoms with Crippen LogP contribution in [0, 0.1) is 0 Å². The molecule has 2 unspecified atom stereocenters. The zero-order valence-electron chi connectivity index (χ0n) is 14.1. The maximum Gasteiger partial charge on any atom is 0.303 e. The highest BCUT2D eigenvalue weighted by Crippen LogP contribution is 2.42. The van der Waals surface area contributed by atoms with Crippen molar-refractivity contribution in [3.05, 3.63) is 68.7 Å². The Kier molecular flexibility index (Phi) is 5.67. The van der Waals surface area contributed by atoms with Gasteiger partial charge >= 0.3 is 5.97 Å². The van der Waals surface area contributed by atoms with E-state index in [4.69, 9.17) is 28.3 Å². The molecule has 132 valence electrons. The number of carbonyl (C=O) groups is 1. The number of fused-ring (bicyclic) bond motifs is 1. The number of halogens is 2. The molecule has 2 atom stereocenters. The number of rotatable bonds is 5. The van der Waals surface area contributed by atoms with Gasteiger partial charge in [-0.05, 0) is 60.7 Å². The van der Waals surface area contributed by atoms with Crippen LogP contribution >= 0.6 is 23.2 Å². The fraction of sp³-hybridized carbons (Fsp3) is 0.350. The van der Waals surface area contributed by atoms with Crippen molar-refractivity contribution in [2.24, 2.45) is 0 Å². The molecule has 3 rings (SSSR count). The lowest BCUT2D eigenvalue weighted by Gasteiger charge is -2.32. The normalized spacial score (nSPS) is 19.5. The fourth-order valence-electron chi connectivity index (χ4n) is 3.67. The van der Waals surface area contributed by atoms with Gasteiger partial charge in [-0.1, -0.05) is 47.5 Å². The first-order valence-electron chi connectivity index (χ1n) is 8.46. The Bertz CT molecular complexity index is 791. The number of nitrogens with one attached hydrogen (secondary N) is 1. The smallest absolute Gasteiger partial charge is 0.303 e. The molecule has 2 aromatic carbocycles. The van der Waals surface area contributed by atoms with Crippen LogP contribution in [0.1, 0.15) is 53.5 Å². The molecule has 0 radical (unpaired) electrons. The van der Waals surface area contributed by atoms with Crippen LogP contribution in [-0.4, -0.2) is 18.1 Å². The van der Waals surface area contributed by atoms with Gasteiger partial charge in [0.05, 0.1) is 10.0 Å². The molecule has 1 aliphatic rings. The second-order valence-electron chi connectivity index (χ2n) is 6.50. The van der Waals surface area contributed by atoms with E-state index in [9.17, 15) is 4.79 Å². The van der Waals surface area contributed by atoms with E-state index in [2.05, 4.69) is 17.4 Å². The number of carboxylic acid groups (broad SMARTS) is 1.